The van der Waals surface area contributed by atoms with Crippen LogP contribution in [-0.4, -0.2) is 20.7 Å². The Bertz CT molecular complexity index is 605. The molecule has 2 aromatic heterocycles. The highest BCUT2D eigenvalue weighted by Crippen LogP contribution is 2.00. The maximum atomic E-state index is 11.4. The second-order valence-electron chi connectivity index (χ2n) is 3.53. The molecule has 0 aliphatic rings. The highest BCUT2D eigenvalue weighted by atomic mass is 16.2. The molecule has 0 atom stereocenters. The zero-order valence-electron chi connectivity index (χ0n) is 9.41. The van der Waals surface area contributed by atoms with Crippen LogP contribution in [0.5, 0.6) is 0 Å². The molecular weight excluding hydrogens is 234 g/mol. The summed E-state index contributed by atoms with van der Waals surface area (Å²) >= 11 is 0. The van der Waals surface area contributed by atoms with E-state index in [0.29, 0.717) is 11.3 Å². The van der Waals surface area contributed by atoms with Crippen molar-refractivity contribution < 1.29 is 4.79 Å². The fourth-order valence-corrected chi connectivity index (χ4v) is 1.40. The molecule has 0 fully saturated rings. The highest BCUT2D eigenvalue weighted by Gasteiger charge is 2.04. The van der Waals surface area contributed by atoms with Crippen molar-refractivity contribution in [3.8, 4) is 0 Å². The van der Waals surface area contributed by atoms with Crippen LogP contribution in [0.1, 0.15) is 16.1 Å². The van der Waals surface area contributed by atoms with Crippen molar-refractivity contribution in [1.29, 1.82) is 0 Å². The molecule has 0 aromatic carbocycles. The summed E-state index contributed by atoms with van der Waals surface area (Å²) in [5, 5.41) is 3.91. The molecule has 7 nitrogen and oxygen atoms in total. The second-order valence-corrected chi connectivity index (χ2v) is 3.53. The molecule has 0 spiro atoms. The quantitative estimate of drug-likeness (QED) is 0.422. The molecule has 0 saturated heterocycles. The Labute approximate surface area is 102 Å². The third-order valence-electron chi connectivity index (χ3n) is 2.32. The van der Waals surface area contributed by atoms with Gasteiger partial charge in [0.25, 0.3) is 11.5 Å². The van der Waals surface area contributed by atoms with Gasteiger partial charge in [-0.25, -0.2) is 10.5 Å². The topological polar surface area (TPSA) is 103 Å². The Balaban J connectivity index is 2.19. The van der Waals surface area contributed by atoms with E-state index in [0.717, 1.165) is 0 Å². The number of nitrogens with one attached hydrogen (secondary N) is 1. The fourth-order valence-electron chi connectivity index (χ4n) is 1.40. The minimum Gasteiger partial charge on any atom is -0.290 e. The standard InChI is InChI=1S/C11H11N5O2/c12-15-11(18)8-3-4-9(13-6-8)7-16-10(17)2-1-5-14-16/h1-6H,7,12H2,(H,15,18). The summed E-state index contributed by atoms with van der Waals surface area (Å²) in [5.41, 5.74) is 2.79. The van der Waals surface area contributed by atoms with E-state index in [-0.39, 0.29) is 12.1 Å². The molecule has 2 rings (SSSR count). The maximum Gasteiger partial charge on any atom is 0.267 e. The monoisotopic (exact) mass is 245 g/mol. The minimum atomic E-state index is -0.413. The molecule has 0 radical (unpaired) electrons. The van der Waals surface area contributed by atoms with E-state index in [2.05, 4.69) is 10.1 Å². The lowest BCUT2D eigenvalue weighted by atomic mass is 10.2. The van der Waals surface area contributed by atoms with Gasteiger partial charge in [0.15, 0.2) is 0 Å². The third-order valence-corrected chi connectivity index (χ3v) is 2.32. The van der Waals surface area contributed by atoms with Gasteiger partial charge in [-0.2, -0.15) is 5.10 Å². The lowest BCUT2D eigenvalue weighted by Crippen LogP contribution is -2.30. The summed E-state index contributed by atoms with van der Waals surface area (Å²) in [5.74, 6) is 4.59. The number of amides is 1. The molecule has 18 heavy (non-hydrogen) atoms. The average molecular weight is 245 g/mol. The van der Waals surface area contributed by atoms with E-state index in [9.17, 15) is 9.59 Å². The van der Waals surface area contributed by atoms with Crippen molar-refractivity contribution in [2.45, 2.75) is 6.54 Å². The van der Waals surface area contributed by atoms with Crippen molar-refractivity contribution in [2.24, 2.45) is 5.84 Å². The van der Waals surface area contributed by atoms with Crippen molar-refractivity contribution in [3.05, 3.63) is 58.3 Å². The summed E-state index contributed by atoms with van der Waals surface area (Å²) in [7, 11) is 0. The molecule has 1 amide bonds. The predicted molar refractivity (Wildman–Crippen MR) is 63.5 cm³/mol. The van der Waals surface area contributed by atoms with Crippen LogP contribution in [0.3, 0.4) is 0 Å². The number of rotatable bonds is 3. The van der Waals surface area contributed by atoms with Crippen LogP contribution < -0.4 is 16.8 Å². The van der Waals surface area contributed by atoms with Crippen molar-refractivity contribution >= 4 is 5.91 Å². The highest BCUT2D eigenvalue weighted by molar-refractivity contribution is 5.93. The second kappa shape index (κ2) is 5.19. The molecular formula is C11H11N5O2. The van der Waals surface area contributed by atoms with Gasteiger partial charge in [-0.3, -0.25) is 20.0 Å². The Morgan fingerprint density at radius 2 is 2.22 bits per heavy atom. The fraction of sp³-hybridized carbons (Fsp3) is 0.0909. The van der Waals surface area contributed by atoms with Crippen LogP contribution in [-0.2, 0) is 6.54 Å². The number of carbonyl (C=O) groups excluding carboxylic acids is 1. The normalized spacial score (nSPS) is 10.1. The summed E-state index contributed by atoms with van der Waals surface area (Å²) in [4.78, 5) is 26.7. The number of nitrogens with two attached hydrogens (primary N) is 1. The number of nitrogens with zero attached hydrogens (tertiary/aromatic N) is 3. The Morgan fingerprint density at radius 3 is 2.83 bits per heavy atom. The molecule has 0 aliphatic carbocycles. The predicted octanol–water partition coefficient (Wildman–Crippen LogP) is -0.710. The van der Waals surface area contributed by atoms with E-state index in [1.807, 2.05) is 5.43 Å². The molecule has 0 unspecified atom stereocenters. The van der Waals surface area contributed by atoms with Gasteiger partial charge in [0, 0.05) is 18.5 Å². The van der Waals surface area contributed by atoms with E-state index >= 15 is 0 Å². The summed E-state index contributed by atoms with van der Waals surface area (Å²) < 4.78 is 1.28. The minimum absolute atomic E-state index is 0.205. The first-order valence-electron chi connectivity index (χ1n) is 5.19. The third kappa shape index (κ3) is 2.58. The van der Waals surface area contributed by atoms with Crippen LogP contribution in [0, 0.1) is 0 Å². The summed E-state index contributed by atoms with van der Waals surface area (Å²) in [6, 6.07) is 6.22. The van der Waals surface area contributed by atoms with Crippen LogP contribution in [0.2, 0.25) is 0 Å². The van der Waals surface area contributed by atoms with Gasteiger partial charge in [-0.05, 0) is 18.2 Å². The zero-order valence-corrected chi connectivity index (χ0v) is 9.41. The molecule has 92 valence electrons. The van der Waals surface area contributed by atoms with E-state index in [1.54, 1.807) is 18.2 Å². The van der Waals surface area contributed by atoms with E-state index in [4.69, 9.17) is 5.84 Å². The van der Waals surface area contributed by atoms with Crippen molar-refractivity contribution in [3.63, 3.8) is 0 Å². The number of hydrogen-bond donors (Lipinski definition) is 2. The van der Waals surface area contributed by atoms with Gasteiger partial charge < -0.3 is 0 Å². The summed E-state index contributed by atoms with van der Waals surface area (Å²) in [6.45, 7) is 0.254. The van der Waals surface area contributed by atoms with Gasteiger partial charge in [0.1, 0.15) is 0 Å². The molecule has 3 N–H and O–H groups in total. The van der Waals surface area contributed by atoms with Gasteiger partial charge in [-0.15, -0.1) is 0 Å². The molecule has 2 heterocycles. The van der Waals surface area contributed by atoms with Crippen LogP contribution >= 0.6 is 0 Å². The van der Waals surface area contributed by atoms with Crippen LogP contribution in [0.15, 0.2) is 41.5 Å². The smallest absolute Gasteiger partial charge is 0.267 e. The zero-order chi connectivity index (χ0) is 13.0. The first-order chi connectivity index (χ1) is 8.70. The number of hydrogen-bond acceptors (Lipinski definition) is 5. The largest absolute Gasteiger partial charge is 0.290 e. The van der Waals surface area contributed by atoms with Crippen LogP contribution in [0.25, 0.3) is 0 Å². The van der Waals surface area contributed by atoms with E-state index < -0.39 is 5.91 Å². The number of hydrazine groups is 1. The van der Waals surface area contributed by atoms with Crippen molar-refractivity contribution in [1.82, 2.24) is 20.2 Å². The Hall–Kier alpha value is -2.54. The van der Waals surface area contributed by atoms with Crippen LogP contribution in [0.4, 0.5) is 0 Å². The molecule has 0 saturated carbocycles. The number of nitrogen functional groups attached to an aromatic ring is 1. The Kier molecular flexibility index (Phi) is 3.44. The van der Waals surface area contributed by atoms with Crippen molar-refractivity contribution in [2.75, 3.05) is 0 Å². The summed E-state index contributed by atoms with van der Waals surface area (Å²) in [6.07, 6.45) is 2.92. The molecule has 7 heteroatoms. The first-order valence-corrected chi connectivity index (χ1v) is 5.19. The van der Waals surface area contributed by atoms with Gasteiger partial charge in [0.05, 0.1) is 17.8 Å². The molecule has 0 bridgehead atoms. The first kappa shape index (κ1) is 11.9. The number of pyridine rings is 1. The molecule has 0 aliphatic heterocycles. The number of carbonyl (C=O) groups is 1. The van der Waals surface area contributed by atoms with Gasteiger partial charge in [-0.1, -0.05) is 0 Å². The van der Waals surface area contributed by atoms with Gasteiger partial charge in [0.2, 0.25) is 0 Å². The lowest BCUT2D eigenvalue weighted by molar-refractivity contribution is 0.0953. The SMILES string of the molecule is NNC(=O)c1ccc(Cn2ncccc2=O)nc1. The lowest BCUT2D eigenvalue weighted by Gasteiger charge is -2.04. The average Bonchev–Trinajstić information content (AvgIpc) is 2.41. The Morgan fingerprint density at radius 1 is 1.39 bits per heavy atom. The number of aromatic nitrogens is 3. The maximum absolute atomic E-state index is 11.4. The molecule has 2 aromatic rings. The van der Waals surface area contributed by atoms with E-state index in [1.165, 1.54) is 23.1 Å². The van der Waals surface area contributed by atoms with Gasteiger partial charge >= 0.3 is 0 Å².